The Morgan fingerprint density at radius 2 is 1.78 bits per heavy atom. The number of carboxylic acid groups (broad SMARTS) is 1. The number of aromatic nitrogens is 1. The maximum atomic E-state index is 12.7. The molecule has 2 heterocycles. The minimum atomic E-state index is -1.34. The average Bonchev–Trinajstić information content (AvgIpc) is 2.90. The van der Waals surface area contributed by atoms with E-state index in [2.05, 4.69) is 9.80 Å². The molecule has 1 atom stereocenters. The molecule has 7 nitrogen and oxygen atoms in total. The maximum absolute atomic E-state index is 12.7. The molecule has 1 aromatic heterocycles. The third kappa shape index (κ3) is 5.89. The number of fused-ring (bicyclic) bond motifs is 1. The summed E-state index contributed by atoms with van der Waals surface area (Å²) in [6.07, 6.45) is 2.18. The summed E-state index contributed by atoms with van der Waals surface area (Å²) in [6.45, 7) is 8.62. The summed E-state index contributed by atoms with van der Waals surface area (Å²) in [5, 5.41) is 11.8. The van der Waals surface area contributed by atoms with Gasteiger partial charge >= 0.3 is 5.97 Å². The molecule has 0 radical (unpaired) electrons. The molecule has 0 saturated carbocycles. The second kappa shape index (κ2) is 11.8. The van der Waals surface area contributed by atoms with E-state index in [-0.39, 0.29) is 12.0 Å². The Kier molecular flexibility index (Phi) is 8.67. The van der Waals surface area contributed by atoms with Crippen LogP contribution in [0.15, 0.2) is 53.3 Å². The Morgan fingerprint density at radius 1 is 1.05 bits per heavy atom. The summed E-state index contributed by atoms with van der Waals surface area (Å²) >= 11 is 12.5. The van der Waals surface area contributed by atoms with Gasteiger partial charge in [-0.05, 0) is 68.4 Å². The Morgan fingerprint density at radius 3 is 2.49 bits per heavy atom. The number of pyridine rings is 1. The molecule has 1 N–H and O–H groups in total. The molecular formula is C28H33Cl2N3O4. The molecule has 1 saturated heterocycles. The van der Waals surface area contributed by atoms with Crippen molar-refractivity contribution in [2.45, 2.75) is 38.6 Å². The van der Waals surface area contributed by atoms with Crippen molar-refractivity contribution in [3.05, 3.63) is 68.9 Å². The van der Waals surface area contributed by atoms with Gasteiger partial charge in [-0.25, -0.2) is 4.79 Å². The van der Waals surface area contributed by atoms with Gasteiger partial charge in [0.1, 0.15) is 11.3 Å². The number of unbranched alkanes of at least 4 members (excludes halogenated alkanes) is 1. The minimum Gasteiger partial charge on any atom is -0.494 e. The van der Waals surface area contributed by atoms with Gasteiger partial charge in [0.2, 0.25) is 0 Å². The topological polar surface area (TPSA) is 75.0 Å². The van der Waals surface area contributed by atoms with Crippen LogP contribution in [0, 0.1) is 0 Å². The lowest BCUT2D eigenvalue weighted by Gasteiger charge is -2.36. The van der Waals surface area contributed by atoms with Crippen LogP contribution in [0.25, 0.3) is 10.9 Å². The SMILES string of the molecule is CCC(C)(C(=O)O)n1c(=O)ccc2ccc(OCCCCN3CCN(c4cccc(Cl)c4Cl)CC3)cc21. The largest absolute Gasteiger partial charge is 0.494 e. The van der Waals surface area contributed by atoms with Crippen molar-refractivity contribution < 1.29 is 14.6 Å². The van der Waals surface area contributed by atoms with Crippen molar-refractivity contribution in [1.82, 2.24) is 9.47 Å². The van der Waals surface area contributed by atoms with Crippen molar-refractivity contribution in [2.75, 3.05) is 44.2 Å². The molecule has 0 amide bonds. The predicted octanol–water partition coefficient (Wildman–Crippen LogP) is 5.50. The van der Waals surface area contributed by atoms with Crippen molar-refractivity contribution >= 4 is 45.8 Å². The zero-order valence-electron chi connectivity index (χ0n) is 21.3. The number of piperazine rings is 1. The number of carbonyl (C=O) groups is 1. The monoisotopic (exact) mass is 545 g/mol. The lowest BCUT2D eigenvalue weighted by atomic mass is 9.97. The molecular weight excluding hydrogens is 513 g/mol. The number of carboxylic acids is 1. The second-order valence-corrected chi connectivity index (χ2v) is 10.4. The molecule has 1 aliphatic heterocycles. The van der Waals surface area contributed by atoms with Crippen LogP contribution >= 0.6 is 23.2 Å². The van der Waals surface area contributed by atoms with E-state index in [0.29, 0.717) is 27.9 Å². The van der Waals surface area contributed by atoms with Crippen LogP contribution in [0.5, 0.6) is 5.75 Å². The van der Waals surface area contributed by atoms with Gasteiger partial charge in [0.05, 0.1) is 27.9 Å². The van der Waals surface area contributed by atoms with Gasteiger partial charge < -0.3 is 14.7 Å². The van der Waals surface area contributed by atoms with Gasteiger partial charge in [0.15, 0.2) is 0 Å². The first-order valence-corrected chi connectivity index (χ1v) is 13.4. The summed E-state index contributed by atoms with van der Waals surface area (Å²) in [4.78, 5) is 29.4. The highest BCUT2D eigenvalue weighted by atomic mass is 35.5. The summed E-state index contributed by atoms with van der Waals surface area (Å²) in [7, 11) is 0. The van der Waals surface area contributed by atoms with Crippen LogP contribution in [-0.4, -0.2) is 59.9 Å². The summed E-state index contributed by atoms with van der Waals surface area (Å²) in [6, 6.07) is 14.4. The van der Waals surface area contributed by atoms with Crippen molar-refractivity contribution in [1.29, 1.82) is 0 Å². The van der Waals surface area contributed by atoms with Gasteiger partial charge in [0.25, 0.3) is 5.56 Å². The second-order valence-electron chi connectivity index (χ2n) is 9.62. The molecule has 4 rings (SSSR count). The van der Waals surface area contributed by atoms with Gasteiger partial charge in [-0.3, -0.25) is 14.3 Å². The lowest BCUT2D eigenvalue weighted by molar-refractivity contribution is -0.146. The van der Waals surface area contributed by atoms with Crippen LogP contribution in [0.3, 0.4) is 0 Å². The van der Waals surface area contributed by atoms with E-state index in [1.54, 1.807) is 32.0 Å². The quantitative estimate of drug-likeness (QED) is 0.339. The number of ether oxygens (including phenoxy) is 1. The molecule has 0 bridgehead atoms. The van der Waals surface area contributed by atoms with Gasteiger partial charge in [0, 0.05) is 38.3 Å². The zero-order chi connectivity index (χ0) is 26.6. The number of rotatable bonds is 10. The van der Waals surface area contributed by atoms with Gasteiger partial charge in [-0.15, -0.1) is 0 Å². The number of anilines is 1. The average molecular weight is 546 g/mol. The highest BCUT2D eigenvalue weighted by Crippen LogP contribution is 2.33. The normalized spacial score (nSPS) is 16.1. The smallest absolute Gasteiger partial charge is 0.329 e. The lowest BCUT2D eigenvalue weighted by Crippen LogP contribution is -2.46. The fraction of sp³-hybridized carbons (Fsp3) is 0.429. The molecule has 2 aromatic carbocycles. The molecule has 0 spiro atoms. The Labute approximate surface area is 227 Å². The Balaban J connectivity index is 1.30. The maximum Gasteiger partial charge on any atom is 0.329 e. The van der Waals surface area contributed by atoms with Gasteiger partial charge in [-0.2, -0.15) is 0 Å². The first-order chi connectivity index (χ1) is 17.7. The Hall–Kier alpha value is -2.74. The van der Waals surface area contributed by atoms with Crippen molar-refractivity contribution in [3.63, 3.8) is 0 Å². The van der Waals surface area contributed by atoms with E-state index in [1.165, 1.54) is 10.6 Å². The van der Waals surface area contributed by atoms with E-state index in [1.807, 2.05) is 24.3 Å². The van der Waals surface area contributed by atoms with Crippen molar-refractivity contribution in [3.8, 4) is 5.75 Å². The van der Waals surface area contributed by atoms with Crippen LogP contribution in [0.2, 0.25) is 10.0 Å². The zero-order valence-corrected chi connectivity index (χ0v) is 22.8. The standard InChI is InChI=1S/C28H33Cl2N3O4/c1-3-28(2,27(35)36)33-24-19-21(11-9-20(24)10-12-25(33)34)37-18-5-4-13-31-14-16-32(17-15-31)23-8-6-7-22(29)26(23)30/h6-12,19H,3-5,13-18H2,1-2H3,(H,35,36). The third-order valence-electron chi connectivity index (χ3n) is 7.29. The van der Waals surface area contributed by atoms with Crippen LogP contribution in [0.1, 0.15) is 33.1 Å². The first-order valence-electron chi connectivity index (χ1n) is 12.7. The highest BCUT2D eigenvalue weighted by molar-refractivity contribution is 6.43. The first kappa shape index (κ1) is 27.3. The van der Waals surface area contributed by atoms with E-state index in [4.69, 9.17) is 27.9 Å². The highest BCUT2D eigenvalue weighted by Gasteiger charge is 2.35. The summed E-state index contributed by atoms with van der Waals surface area (Å²) in [5.41, 5.74) is -0.119. The fourth-order valence-corrected chi connectivity index (χ4v) is 5.21. The van der Waals surface area contributed by atoms with Crippen molar-refractivity contribution in [2.24, 2.45) is 0 Å². The molecule has 198 valence electrons. The van der Waals surface area contributed by atoms with E-state index >= 15 is 0 Å². The molecule has 9 heteroatoms. The van der Waals surface area contributed by atoms with Gasteiger partial charge in [-0.1, -0.05) is 36.2 Å². The number of halogens is 2. The third-order valence-corrected chi connectivity index (χ3v) is 8.10. The van der Waals surface area contributed by atoms with E-state index in [0.717, 1.165) is 56.6 Å². The molecule has 1 aliphatic rings. The molecule has 1 fully saturated rings. The molecule has 0 aliphatic carbocycles. The Bertz CT molecular complexity index is 1320. The molecule has 37 heavy (non-hydrogen) atoms. The number of aliphatic carboxylic acids is 1. The van der Waals surface area contributed by atoms with E-state index in [9.17, 15) is 14.7 Å². The number of hydrogen-bond donors (Lipinski definition) is 1. The molecule has 1 unspecified atom stereocenters. The number of nitrogens with zero attached hydrogens (tertiary/aromatic N) is 3. The predicted molar refractivity (Wildman–Crippen MR) is 150 cm³/mol. The number of hydrogen-bond acceptors (Lipinski definition) is 5. The molecule has 3 aromatic rings. The van der Waals surface area contributed by atoms with Crippen LogP contribution < -0.4 is 15.2 Å². The van der Waals surface area contributed by atoms with Crippen LogP contribution in [0.4, 0.5) is 5.69 Å². The summed E-state index contributed by atoms with van der Waals surface area (Å²) < 4.78 is 7.36. The fourth-order valence-electron chi connectivity index (χ4n) is 4.79. The van der Waals surface area contributed by atoms with E-state index < -0.39 is 11.5 Å². The minimum absolute atomic E-state index is 0.285. The number of benzene rings is 2. The van der Waals surface area contributed by atoms with Crippen LogP contribution in [-0.2, 0) is 10.3 Å². The summed E-state index contributed by atoms with van der Waals surface area (Å²) in [5.74, 6) is -0.407.